The molecule has 0 aromatic carbocycles. The minimum Gasteiger partial charge on any atom is -0.300 e. The summed E-state index contributed by atoms with van der Waals surface area (Å²) in [7, 11) is 0. The van der Waals surface area contributed by atoms with Crippen molar-refractivity contribution in [2.45, 2.75) is 84.8 Å². The van der Waals surface area contributed by atoms with Crippen LogP contribution in [0.5, 0.6) is 0 Å². The third-order valence-corrected chi connectivity index (χ3v) is 8.28. The zero-order valence-corrected chi connectivity index (χ0v) is 18.3. The second-order valence-electron chi connectivity index (χ2n) is 12.0. The number of hydrogen-bond donors (Lipinski definition) is 0. The SMILES string of the molecule is CC(C)(C)C1CCCN(C2CC3CN(C4CN(C(C)(C)C)C4)CC3C2)C1. The van der Waals surface area contributed by atoms with Gasteiger partial charge in [-0.05, 0) is 76.2 Å². The molecule has 0 spiro atoms. The Bertz CT molecular complexity index is 483. The molecule has 3 unspecified atom stereocenters. The molecule has 4 rings (SSSR count). The highest BCUT2D eigenvalue weighted by atomic mass is 15.3. The van der Waals surface area contributed by atoms with Crippen LogP contribution in [-0.4, -0.2) is 71.6 Å². The van der Waals surface area contributed by atoms with E-state index in [-0.39, 0.29) is 0 Å². The Morgan fingerprint density at radius 2 is 1.31 bits per heavy atom. The van der Waals surface area contributed by atoms with Gasteiger partial charge in [-0.15, -0.1) is 0 Å². The van der Waals surface area contributed by atoms with Crippen LogP contribution in [0.15, 0.2) is 0 Å². The minimum absolute atomic E-state index is 0.356. The van der Waals surface area contributed by atoms with Crippen molar-refractivity contribution in [1.29, 1.82) is 0 Å². The van der Waals surface area contributed by atoms with Crippen molar-refractivity contribution in [3.05, 3.63) is 0 Å². The molecule has 4 aliphatic rings. The Morgan fingerprint density at radius 1 is 0.692 bits per heavy atom. The number of hydrogen-bond acceptors (Lipinski definition) is 3. The first-order valence-electron chi connectivity index (χ1n) is 11.3. The van der Waals surface area contributed by atoms with E-state index in [0.717, 1.165) is 29.8 Å². The quantitative estimate of drug-likeness (QED) is 0.738. The molecule has 0 aromatic rings. The summed E-state index contributed by atoms with van der Waals surface area (Å²) in [5.41, 5.74) is 0.835. The van der Waals surface area contributed by atoms with E-state index in [1.807, 2.05) is 0 Å². The van der Waals surface area contributed by atoms with Crippen LogP contribution < -0.4 is 0 Å². The summed E-state index contributed by atoms with van der Waals surface area (Å²) >= 11 is 0. The predicted octanol–water partition coefficient (Wildman–Crippen LogP) is 3.94. The van der Waals surface area contributed by atoms with Gasteiger partial charge in [-0.25, -0.2) is 0 Å². The van der Waals surface area contributed by atoms with Crippen LogP contribution in [0, 0.1) is 23.2 Å². The molecule has 26 heavy (non-hydrogen) atoms. The zero-order chi connectivity index (χ0) is 18.7. The highest BCUT2D eigenvalue weighted by Crippen LogP contribution is 2.44. The zero-order valence-electron chi connectivity index (χ0n) is 18.3. The van der Waals surface area contributed by atoms with E-state index in [9.17, 15) is 0 Å². The van der Waals surface area contributed by atoms with E-state index in [0.29, 0.717) is 11.0 Å². The van der Waals surface area contributed by atoms with Crippen LogP contribution in [-0.2, 0) is 0 Å². The maximum absolute atomic E-state index is 2.90. The van der Waals surface area contributed by atoms with Gasteiger partial charge in [0.2, 0.25) is 0 Å². The molecule has 3 saturated heterocycles. The lowest BCUT2D eigenvalue weighted by Gasteiger charge is -2.51. The molecule has 0 bridgehead atoms. The van der Waals surface area contributed by atoms with Crippen LogP contribution in [0.1, 0.15) is 67.2 Å². The smallest absolute Gasteiger partial charge is 0.0351 e. The van der Waals surface area contributed by atoms with Crippen molar-refractivity contribution in [1.82, 2.24) is 14.7 Å². The van der Waals surface area contributed by atoms with Gasteiger partial charge in [0.25, 0.3) is 0 Å². The lowest BCUT2D eigenvalue weighted by Crippen LogP contribution is -2.64. The lowest BCUT2D eigenvalue weighted by molar-refractivity contribution is -0.0176. The van der Waals surface area contributed by atoms with Crippen molar-refractivity contribution >= 4 is 0 Å². The van der Waals surface area contributed by atoms with E-state index < -0.39 is 0 Å². The van der Waals surface area contributed by atoms with Gasteiger partial charge in [-0.2, -0.15) is 0 Å². The summed E-state index contributed by atoms with van der Waals surface area (Å²) in [6.07, 6.45) is 5.82. The molecule has 0 aromatic heterocycles. The molecular weight excluding hydrogens is 318 g/mol. The molecule has 0 amide bonds. The monoisotopic (exact) mass is 361 g/mol. The topological polar surface area (TPSA) is 9.72 Å². The van der Waals surface area contributed by atoms with Gasteiger partial charge in [-0.1, -0.05) is 20.8 Å². The maximum atomic E-state index is 2.90. The average Bonchev–Trinajstić information content (AvgIpc) is 3.02. The summed E-state index contributed by atoms with van der Waals surface area (Å²) in [6, 6.07) is 1.74. The number of rotatable bonds is 2. The van der Waals surface area contributed by atoms with Crippen molar-refractivity contribution in [3.8, 4) is 0 Å². The van der Waals surface area contributed by atoms with Gasteiger partial charge in [0.05, 0.1) is 0 Å². The Labute approximate surface area is 162 Å². The molecule has 150 valence electrons. The van der Waals surface area contributed by atoms with Gasteiger partial charge in [0.1, 0.15) is 0 Å². The number of piperidine rings is 1. The first kappa shape index (κ1) is 19.2. The summed E-state index contributed by atoms with van der Waals surface area (Å²) in [6.45, 7) is 22.5. The van der Waals surface area contributed by atoms with Crippen molar-refractivity contribution in [3.63, 3.8) is 0 Å². The highest BCUT2D eigenvalue weighted by molar-refractivity contribution is 5.02. The van der Waals surface area contributed by atoms with Crippen LogP contribution in [0.4, 0.5) is 0 Å². The molecule has 4 fully saturated rings. The Kier molecular flexibility index (Phi) is 4.98. The highest BCUT2D eigenvalue weighted by Gasteiger charge is 2.47. The van der Waals surface area contributed by atoms with E-state index >= 15 is 0 Å². The van der Waals surface area contributed by atoms with Gasteiger partial charge in [-0.3, -0.25) is 9.80 Å². The molecule has 3 heterocycles. The Morgan fingerprint density at radius 3 is 1.85 bits per heavy atom. The molecule has 1 aliphatic carbocycles. The van der Waals surface area contributed by atoms with Crippen molar-refractivity contribution in [2.24, 2.45) is 23.2 Å². The predicted molar refractivity (Wildman–Crippen MR) is 110 cm³/mol. The molecule has 0 radical (unpaired) electrons. The number of nitrogens with zero attached hydrogens (tertiary/aromatic N) is 3. The number of fused-ring (bicyclic) bond motifs is 1. The summed E-state index contributed by atoms with van der Waals surface area (Å²) in [4.78, 5) is 8.39. The summed E-state index contributed by atoms with van der Waals surface area (Å²) < 4.78 is 0. The fourth-order valence-corrected chi connectivity index (χ4v) is 6.18. The molecule has 3 nitrogen and oxygen atoms in total. The first-order chi connectivity index (χ1) is 12.1. The fraction of sp³-hybridized carbons (Fsp3) is 1.00. The normalized spacial score (nSPS) is 38.5. The average molecular weight is 362 g/mol. The van der Waals surface area contributed by atoms with Gasteiger partial charge < -0.3 is 4.90 Å². The van der Waals surface area contributed by atoms with E-state index in [1.165, 1.54) is 65.0 Å². The number of likely N-dealkylation sites (tertiary alicyclic amines) is 3. The van der Waals surface area contributed by atoms with Crippen LogP contribution in [0.25, 0.3) is 0 Å². The Hall–Kier alpha value is -0.120. The van der Waals surface area contributed by atoms with Crippen LogP contribution >= 0.6 is 0 Å². The first-order valence-corrected chi connectivity index (χ1v) is 11.3. The van der Waals surface area contributed by atoms with Crippen molar-refractivity contribution in [2.75, 3.05) is 39.3 Å². The standard InChI is InChI=1S/C23H43N3/c1-22(2,3)19-8-7-9-24(14-19)20-10-17-12-25(13-18(17)11-20)21-15-26(16-21)23(4,5)6/h17-21H,7-16H2,1-6H3. The van der Waals surface area contributed by atoms with Gasteiger partial charge >= 0.3 is 0 Å². The van der Waals surface area contributed by atoms with E-state index in [2.05, 4.69) is 56.2 Å². The summed E-state index contributed by atoms with van der Waals surface area (Å²) in [5, 5.41) is 0. The fourth-order valence-electron chi connectivity index (χ4n) is 6.18. The molecule has 3 heteroatoms. The Balaban J connectivity index is 1.27. The van der Waals surface area contributed by atoms with E-state index in [1.54, 1.807) is 0 Å². The molecule has 3 aliphatic heterocycles. The molecular formula is C23H43N3. The largest absolute Gasteiger partial charge is 0.300 e. The van der Waals surface area contributed by atoms with Crippen molar-refractivity contribution < 1.29 is 0 Å². The van der Waals surface area contributed by atoms with Crippen LogP contribution in [0.3, 0.4) is 0 Å². The molecule has 0 N–H and O–H groups in total. The van der Waals surface area contributed by atoms with Crippen LogP contribution in [0.2, 0.25) is 0 Å². The maximum Gasteiger partial charge on any atom is 0.0351 e. The second-order valence-corrected chi connectivity index (χ2v) is 12.0. The minimum atomic E-state index is 0.356. The molecule has 1 saturated carbocycles. The second kappa shape index (κ2) is 6.74. The van der Waals surface area contributed by atoms with E-state index in [4.69, 9.17) is 0 Å². The van der Waals surface area contributed by atoms with Gasteiger partial charge in [0.15, 0.2) is 0 Å². The third kappa shape index (κ3) is 3.73. The summed E-state index contributed by atoms with van der Waals surface area (Å²) in [5.74, 6) is 2.86. The lowest BCUT2D eigenvalue weighted by atomic mass is 9.76. The third-order valence-electron chi connectivity index (χ3n) is 8.28. The van der Waals surface area contributed by atoms with Gasteiger partial charge in [0, 0.05) is 50.3 Å². The molecule has 3 atom stereocenters.